The minimum Gasteiger partial charge on any atom is -0.336 e. The molecule has 3 aromatic rings. The molecular formula is C17H20N6O. The normalized spacial score (nSPS) is 18.2. The highest BCUT2D eigenvalue weighted by atomic mass is 16.2. The molecule has 0 radical (unpaired) electrons. The van der Waals surface area contributed by atoms with E-state index in [2.05, 4.69) is 19.6 Å². The fourth-order valence-electron chi connectivity index (χ4n) is 3.54. The molecule has 4 heterocycles. The number of fused-ring (bicyclic) bond motifs is 1. The predicted octanol–water partition coefficient (Wildman–Crippen LogP) is 2.02. The molecule has 1 aliphatic heterocycles. The zero-order chi connectivity index (χ0) is 16.7. The second kappa shape index (κ2) is 5.74. The first-order valence-electron chi connectivity index (χ1n) is 8.24. The fourth-order valence-corrected chi connectivity index (χ4v) is 3.54. The first-order chi connectivity index (χ1) is 11.6. The van der Waals surface area contributed by atoms with E-state index in [9.17, 15) is 4.79 Å². The van der Waals surface area contributed by atoms with E-state index >= 15 is 0 Å². The highest BCUT2D eigenvalue weighted by Crippen LogP contribution is 2.25. The molecule has 1 fully saturated rings. The largest absolute Gasteiger partial charge is 0.336 e. The van der Waals surface area contributed by atoms with E-state index in [0.29, 0.717) is 17.8 Å². The van der Waals surface area contributed by atoms with E-state index in [0.717, 1.165) is 30.9 Å². The summed E-state index contributed by atoms with van der Waals surface area (Å²) in [4.78, 5) is 23.7. The van der Waals surface area contributed by atoms with Gasteiger partial charge in [-0.25, -0.2) is 14.5 Å². The summed E-state index contributed by atoms with van der Waals surface area (Å²) in [5.41, 5.74) is 1.96. The van der Waals surface area contributed by atoms with Gasteiger partial charge in [0.15, 0.2) is 5.65 Å². The van der Waals surface area contributed by atoms with Gasteiger partial charge in [-0.3, -0.25) is 4.79 Å². The van der Waals surface area contributed by atoms with Crippen LogP contribution in [0.5, 0.6) is 0 Å². The quantitative estimate of drug-likeness (QED) is 0.723. The van der Waals surface area contributed by atoms with Gasteiger partial charge in [0.25, 0.3) is 5.91 Å². The fraction of sp³-hybridized carbons (Fsp3) is 0.412. The Hall–Kier alpha value is -2.70. The number of amides is 1. The lowest BCUT2D eigenvalue weighted by Crippen LogP contribution is -2.41. The van der Waals surface area contributed by atoms with Crippen molar-refractivity contribution >= 4 is 11.6 Å². The number of piperidine rings is 1. The molecule has 4 rings (SSSR count). The SMILES string of the molecule is Cc1nn2cccnc2c1C(=O)N1CCCC(n2ccnc2C)C1. The third kappa shape index (κ3) is 2.36. The van der Waals surface area contributed by atoms with Gasteiger partial charge in [0.1, 0.15) is 11.4 Å². The minimum atomic E-state index is 0.0173. The van der Waals surface area contributed by atoms with Crippen LogP contribution in [0.15, 0.2) is 30.9 Å². The Morgan fingerprint density at radius 1 is 1.21 bits per heavy atom. The van der Waals surface area contributed by atoms with E-state index in [1.807, 2.05) is 43.4 Å². The monoisotopic (exact) mass is 324 g/mol. The molecule has 1 aliphatic rings. The average molecular weight is 324 g/mol. The summed E-state index contributed by atoms with van der Waals surface area (Å²) < 4.78 is 3.84. The maximum atomic E-state index is 13.1. The van der Waals surface area contributed by atoms with E-state index in [1.54, 1.807) is 10.7 Å². The highest BCUT2D eigenvalue weighted by molar-refractivity contribution is 6.01. The maximum Gasteiger partial charge on any atom is 0.259 e. The molecule has 0 bridgehead atoms. The zero-order valence-electron chi connectivity index (χ0n) is 13.9. The molecule has 24 heavy (non-hydrogen) atoms. The van der Waals surface area contributed by atoms with Crippen molar-refractivity contribution in [3.05, 3.63) is 47.9 Å². The Bertz CT molecular complexity index is 896. The molecular weight excluding hydrogens is 304 g/mol. The van der Waals surface area contributed by atoms with Crippen molar-refractivity contribution in [1.82, 2.24) is 29.0 Å². The molecule has 0 N–H and O–H groups in total. The highest BCUT2D eigenvalue weighted by Gasteiger charge is 2.29. The number of imidazole rings is 1. The van der Waals surface area contributed by atoms with Crippen LogP contribution in [-0.4, -0.2) is 48.0 Å². The second-order valence-electron chi connectivity index (χ2n) is 6.28. The number of nitrogens with zero attached hydrogens (tertiary/aromatic N) is 6. The molecule has 1 saturated heterocycles. The first-order valence-corrected chi connectivity index (χ1v) is 8.24. The third-order valence-corrected chi connectivity index (χ3v) is 4.72. The Morgan fingerprint density at radius 3 is 2.88 bits per heavy atom. The summed E-state index contributed by atoms with van der Waals surface area (Å²) in [6.45, 7) is 5.33. The molecule has 1 unspecified atom stereocenters. The number of aryl methyl sites for hydroxylation is 2. The molecule has 0 spiro atoms. The molecule has 0 aliphatic carbocycles. The molecule has 7 nitrogen and oxygen atoms in total. The predicted molar refractivity (Wildman–Crippen MR) is 88.9 cm³/mol. The van der Waals surface area contributed by atoms with E-state index < -0.39 is 0 Å². The molecule has 124 valence electrons. The van der Waals surface area contributed by atoms with Crippen molar-refractivity contribution in [1.29, 1.82) is 0 Å². The lowest BCUT2D eigenvalue weighted by atomic mass is 10.0. The van der Waals surface area contributed by atoms with Gasteiger partial charge in [0, 0.05) is 37.9 Å². The van der Waals surface area contributed by atoms with Crippen LogP contribution in [0.1, 0.15) is 40.8 Å². The number of likely N-dealkylation sites (tertiary alicyclic amines) is 1. The van der Waals surface area contributed by atoms with Crippen molar-refractivity contribution in [2.75, 3.05) is 13.1 Å². The van der Waals surface area contributed by atoms with Crippen LogP contribution in [0.4, 0.5) is 0 Å². The van der Waals surface area contributed by atoms with Gasteiger partial charge in [-0.2, -0.15) is 5.10 Å². The lowest BCUT2D eigenvalue weighted by Gasteiger charge is -2.33. The maximum absolute atomic E-state index is 13.1. The Kier molecular flexibility index (Phi) is 3.55. The summed E-state index contributed by atoms with van der Waals surface area (Å²) in [6, 6.07) is 2.09. The summed E-state index contributed by atoms with van der Waals surface area (Å²) in [6.07, 6.45) is 9.37. The Morgan fingerprint density at radius 2 is 2.08 bits per heavy atom. The van der Waals surface area contributed by atoms with Crippen LogP contribution in [0.25, 0.3) is 5.65 Å². The van der Waals surface area contributed by atoms with E-state index in [-0.39, 0.29) is 11.9 Å². The van der Waals surface area contributed by atoms with Gasteiger partial charge < -0.3 is 9.47 Å². The topological polar surface area (TPSA) is 68.3 Å². The second-order valence-corrected chi connectivity index (χ2v) is 6.28. The van der Waals surface area contributed by atoms with Crippen LogP contribution >= 0.6 is 0 Å². The van der Waals surface area contributed by atoms with Gasteiger partial charge in [-0.05, 0) is 32.8 Å². The zero-order valence-corrected chi connectivity index (χ0v) is 13.9. The van der Waals surface area contributed by atoms with Gasteiger partial charge in [-0.1, -0.05) is 0 Å². The van der Waals surface area contributed by atoms with Gasteiger partial charge >= 0.3 is 0 Å². The van der Waals surface area contributed by atoms with Crippen LogP contribution in [-0.2, 0) is 0 Å². The lowest BCUT2D eigenvalue weighted by molar-refractivity contribution is 0.0679. The van der Waals surface area contributed by atoms with E-state index in [4.69, 9.17) is 0 Å². The number of aromatic nitrogens is 5. The van der Waals surface area contributed by atoms with E-state index in [1.165, 1.54) is 0 Å². The van der Waals surface area contributed by atoms with Gasteiger partial charge in [0.05, 0.1) is 11.7 Å². The standard InChI is InChI=1S/C17H20N6O/c1-12-15(16-19-6-4-9-23(16)20-12)17(24)21-8-3-5-14(11-21)22-10-7-18-13(22)2/h4,6-7,9-10,14H,3,5,8,11H2,1-2H3. The van der Waals surface area contributed by atoms with Crippen molar-refractivity contribution in [3.63, 3.8) is 0 Å². The minimum absolute atomic E-state index is 0.0173. The summed E-state index contributed by atoms with van der Waals surface area (Å²) in [7, 11) is 0. The Balaban J connectivity index is 1.64. The molecule has 1 amide bonds. The summed E-state index contributed by atoms with van der Waals surface area (Å²) in [5.74, 6) is 1.01. The molecule has 3 aromatic heterocycles. The van der Waals surface area contributed by atoms with Crippen LogP contribution in [0, 0.1) is 13.8 Å². The van der Waals surface area contributed by atoms with Crippen molar-refractivity contribution in [2.24, 2.45) is 0 Å². The van der Waals surface area contributed by atoms with Gasteiger partial charge in [0.2, 0.25) is 0 Å². The van der Waals surface area contributed by atoms with Crippen LogP contribution < -0.4 is 0 Å². The number of carbonyl (C=O) groups excluding carboxylic acids is 1. The Labute approximate surface area is 139 Å². The third-order valence-electron chi connectivity index (χ3n) is 4.72. The van der Waals surface area contributed by atoms with Gasteiger partial charge in [-0.15, -0.1) is 0 Å². The van der Waals surface area contributed by atoms with Crippen molar-refractivity contribution in [2.45, 2.75) is 32.7 Å². The molecule has 0 aromatic carbocycles. The van der Waals surface area contributed by atoms with Crippen LogP contribution in [0.2, 0.25) is 0 Å². The number of carbonyl (C=O) groups is 1. The number of hydrogen-bond donors (Lipinski definition) is 0. The molecule has 1 atom stereocenters. The smallest absolute Gasteiger partial charge is 0.259 e. The first kappa shape index (κ1) is 14.9. The van der Waals surface area contributed by atoms with Crippen molar-refractivity contribution < 1.29 is 4.79 Å². The molecule has 0 saturated carbocycles. The molecule has 7 heteroatoms. The number of hydrogen-bond acceptors (Lipinski definition) is 4. The summed E-state index contributed by atoms with van der Waals surface area (Å²) >= 11 is 0. The van der Waals surface area contributed by atoms with Crippen LogP contribution in [0.3, 0.4) is 0 Å². The average Bonchev–Trinajstić information content (AvgIpc) is 3.16. The summed E-state index contributed by atoms with van der Waals surface area (Å²) in [5, 5.41) is 4.40. The van der Waals surface area contributed by atoms with Crippen molar-refractivity contribution in [3.8, 4) is 0 Å². The number of rotatable bonds is 2.